The smallest absolute Gasteiger partial charge is 0.363 e. The number of hydrogen-bond donors (Lipinski definition) is 0. The normalized spacial score (nSPS) is 11.9. The molecule has 2 aromatic rings. The van der Waals surface area contributed by atoms with E-state index in [-0.39, 0.29) is 13.1 Å². The monoisotopic (exact) mass is 531 g/mol. The summed E-state index contributed by atoms with van der Waals surface area (Å²) in [5.74, 6) is 1.75. The molecule has 0 aromatic carbocycles. The van der Waals surface area contributed by atoms with Gasteiger partial charge in [0, 0.05) is 52.7 Å². The molecule has 0 N–H and O–H groups in total. The van der Waals surface area contributed by atoms with E-state index in [1.165, 1.54) is 5.56 Å². The summed E-state index contributed by atoms with van der Waals surface area (Å²) in [6.07, 6.45) is -0.617. The largest absolute Gasteiger partial charge is 0.460 e. The molecule has 0 radical (unpaired) electrons. The van der Waals surface area contributed by atoms with Gasteiger partial charge >= 0.3 is 6.30 Å². The van der Waals surface area contributed by atoms with Crippen LogP contribution in [0.25, 0.3) is 0 Å². The molecule has 1 saturated heterocycles. The zero-order chi connectivity index (χ0) is 30.0. The lowest BCUT2D eigenvalue weighted by molar-refractivity contribution is -0.246. The van der Waals surface area contributed by atoms with Gasteiger partial charge in [0.25, 0.3) is 0 Å². The molecule has 0 amide bonds. The minimum atomic E-state index is -4.22. The molecule has 37 heavy (non-hydrogen) atoms. The molecular formula is C29H56F3N5. The Morgan fingerprint density at radius 2 is 1.05 bits per heavy atom. The van der Waals surface area contributed by atoms with Crippen molar-refractivity contribution in [3.8, 4) is 0 Å². The molecule has 0 spiro atoms. The highest BCUT2D eigenvalue weighted by atomic mass is 19.4. The van der Waals surface area contributed by atoms with Crippen LogP contribution >= 0.6 is 0 Å². The van der Waals surface area contributed by atoms with E-state index in [0.29, 0.717) is 18.0 Å². The molecule has 1 aliphatic heterocycles. The van der Waals surface area contributed by atoms with Gasteiger partial charge in [-0.1, -0.05) is 81.4 Å². The molecule has 0 aliphatic carbocycles. The third kappa shape index (κ3) is 19.4. The maximum absolute atomic E-state index is 12.4. The SMILES string of the molecule is CC.CC.CC.CC.CC.Cc1ccc(N(C)C)nc1.Cc1ccc(N2CCN(C(F)(F)F)CC2)nc1. The highest BCUT2D eigenvalue weighted by Gasteiger charge is 2.38. The van der Waals surface area contributed by atoms with Crippen molar-refractivity contribution in [1.29, 1.82) is 0 Å². The Labute approximate surface area is 227 Å². The Bertz CT molecular complexity index is 695. The molecule has 0 bridgehead atoms. The second-order valence-electron chi connectivity index (χ2n) is 6.72. The third-order valence-corrected chi connectivity index (χ3v) is 4.21. The van der Waals surface area contributed by atoms with E-state index in [1.54, 1.807) is 6.20 Å². The standard InChI is InChI=1S/C11H14F3N3.C8H12N2.5C2H6/c1-9-2-3-10(15-8-9)16-4-6-17(7-5-16)11(12,13)14;1-7-4-5-8(9-6-7)10(2)3;5*1-2/h2-3,8H,4-7H2,1H3;4-6H,1-3H3;5*1-2H3. The summed E-state index contributed by atoms with van der Waals surface area (Å²) in [6.45, 7) is 24.7. The van der Waals surface area contributed by atoms with E-state index >= 15 is 0 Å². The van der Waals surface area contributed by atoms with Crippen molar-refractivity contribution in [3.05, 3.63) is 47.8 Å². The molecule has 8 heteroatoms. The van der Waals surface area contributed by atoms with Crippen molar-refractivity contribution < 1.29 is 13.2 Å². The van der Waals surface area contributed by atoms with Crippen LogP contribution in [0.4, 0.5) is 24.8 Å². The number of anilines is 2. The Morgan fingerprint density at radius 3 is 1.35 bits per heavy atom. The summed E-state index contributed by atoms with van der Waals surface area (Å²) in [4.78, 5) is 12.8. The lowest BCUT2D eigenvalue weighted by Crippen LogP contribution is -2.52. The highest BCUT2D eigenvalue weighted by Crippen LogP contribution is 2.23. The van der Waals surface area contributed by atoms with Crippen LogP contribution in [0, 0.1) is 13.8 Å². The van der Waals surface area contributed by atoms with Gasteiger partial charge in [0.05, 0.1) is 0 Å². The van der Waals surface area contributed by atoms with Crippen LogP contribution in [-0.4, -0.2) is 61.4 Å². The van der Waals surface area contributed by atoms with Gasteiger partial charge in [-0.2, -0.15) is 13.2 Å². The Hall–Kier alpha value is -2.35. The number of rotatable bonds is 2. The van der Waals surface area contributed by atoms with E-state index in [4.69, 9.17) is 0 Å². The van der Waals surface area contributed by atoms with E-state index in [9.17, 15) is 13.2 Å². The molecule has 0 saturated carbocycles. The lowest BCUT2D eigenvalue weighted by atomic mass is 10.3. The molecule has 2 aromatic heterocycles. The Balaban J connectivity index is -0.000000233. The predicted molar refractivity (Wildman–Crippen MR) is 159 cm³/mol. The first-order valence-corrected chi connectivity index (χ1v) is 13.8. The van der Waals surface area contributed by atoms with E-state index in [2.05, 4.69) is 16.0 Å². The molecule has 3 heterocycles. The first-order chi connectivity index (χ1) is 17.7. The van der Waals surface area contributed by atoms with Gasteiger partial charge in [0.1, 0.15) is 11.6 Å². The fraction of sp³-hybridized carbons (Fsp3) is 0.655. The minimum absolute atomic E-state index is 0.000936. The molecular weight excluding hydrogens is 475 g/mol. The number of hydrogen-bond acceptors (Lipinski definition) is 5. The van der Waals surface area contributed by atoms with Gasteiger partial charge in [-0.05, 0) is 37.1 Å². The number of alkyl halides is 3. The first kappa shape index (κ1) is 41.8. The average molecular weight is 532 g/mol. The predicted octanol–water partition coefficient (Wildman–Crippen LogP) is 8.62. The van der Waals surface area contributed by atoms with Crippen LogP contribution in [0.5, 0.6) is 0 Å². The maximum Gasteiger partial charge on any atom is 0.460 e. The van der Waals surface area contributed by atoms with Crippen molar-refractivity contribution in [2.24, 2.45) is 0 Å². The van der Waals surface area contributed by atoms with Crippen LogP contribution in [-0.2, 0) is 0 Å². The van der Waals surface area contributed by atoms with Gasteiger partial charge in [0.15, 0.2) is 0 Å². The molecule has 0 atom stereocenters. The van der Waals surface area contributed by atoms with Gasteiger partial charge < -0.3 is 9.80 Å². The number of nitrogens with zero attached hydrogens (tertiary/aromatic N) is 5. The summed E-state index contributed by atoms with van der Waals surface area (Å²) in [7, 11) is 3.97. The lowest BCUT2D eigenvalue weighted by Gasteiger charge is -2.36. The summed E-state index contributed by atoms with van der Waals surface area (Å²) in [5.41, 5.74) is 2.24. The molecule has 0 unspecified atom stereocenters. The summed E-state index contributed by atoms with van der Waals surface area (Å²) >= 11 is 0. The second-order valence-corrected chi connectivity index (χ2v) is 6.72. The van der Waals surface area contributed by atoms with Gasteiger partial charge in [0.2, 0.25) is 0 Å². The van der Waals surface area contributed by atoms with Gasteiger partial charge in [-0.15, -0.1) is 0 Å². The molecule has 5 nitrogen and oxygen atoms in total. The average Bonchev–Trinajstić information content (AvgIpc) is 2.95. The topological polar surface area (TPSA) is 35.5 Å². The van der Waals surface area contributed by atoms with Crippen molar-refractivity contribution in [2.75, 3.05) is 50.1 Å². The van der Waals surface area contributed by atoms with Crippen molar-refractivity contribution in [3.63, 3.8) is 0 Å². The number of aromatic nitrogens is 2. The maximum atomic E-state index is 12.4. The highest BCUT2D eigenvalue weighted by molar-refractivity contribution is 5.39. The van der Waals surface area contributed by atoms with Crippen molar-refractivity contribution in [2.45, 2.75) is 89.4 Å². The number of piperazine rings is 1. The van der Waals surface area contributed by atoms with Crippen molar-refractivity contribution in [1.82, 2.24) is 14.9 Å². The zero-order valence-corrected chi connectivity index (χ0v) is 26.2. The van der Waals surface area contributed by atoms with Crippen LogP contribution in [0.1, 0.15) is 80.4 Å². The second kappa shape index (κ2) is 26.7. The fourth-order valence-electron chi connectivity index (χ4n) is 2.56. The Morgan fingerprint density at radius 1 is 0.649 bits per heavy atom. The summed E-state index contributed by atoms with van der Waals surface area (Å²) in [6, 6.07) is 7.83. The van der Waals surface area contributed by atoms with Crippen LogP contribution in [0.2, 0.25) is 0 Å². The van der Waals surface area contributed by atoms with Crippen LogP contribution in [0.3, 0.4) is 0 Å². The van der Waals surface area contributed by atoms with Gasteiger partial charge in [-0.25, -0.2) is 14.9 Å². The number of aryl methyl sites for hydroxylation is 2. The minimum Gasteiger partial charge on any atom is -0.363 e. The van der Waals surface area contributed by atoms with Crippen LogP contribution in [0.15, 0.2) is 36.7 Å². The zero-order valence-electron chi connectivity index (χ0n) is 26.2. The van der Waals surface area contributed by atoms with E-state index in [0.717, 1.165) is 17.2 Å². The molecule has 3 rings (SSSR count). The molecule has 218 valence electrons. The first-order valence-electron chi connectivity index (χ1n) is 13.8. The fourth-order valence-corrected chi connectivity index (χ4v) is 2.56. The summed E-state index contributed by atoms with van der Waals surface area (Å²) in [5, 5.41) is 0. The van der Waals surface area contributed by atoms with E-state index < -0.39 is 6.30 Å². The quantitative estimate of drug-likeness (QED) is 0.363. The Kier molecular flexibility index (Phi) is 30.1. The molecule has 1 aliphatic rings. The third-order valence-electron chi connectivity index (χ3n) is 4.21. The van der Waals surface area contributed by atoms with Crippen LogP contribution < -0.4 is 9.80 Å². The number of pyridine rings is 2. The summed E-state index contributed by atoms with van der Waals surface area (Å²) < 4.78 is 37.2. The van der Waals surface area contributed by atoms with Crippen molar-refractivity contribution >= 4 is 11.6 Å². The van der Waals surface area contributed by atoms with Gasteiger partial charge in [-0.3, -0.25) is 0 Å². The van der Waals surface area contributed by atoms with E-state index in [1.807, 2.05) is 131 Å². The number of halogens is 3. The molecule has 1 fully saturated rings.